The van der Waals surface area contributed by atoms with Crippen molar-refractivity contribution in [3.05, 3.63) is 64.7 Å². The zero-order valence-corrected chi connectivity index (χ0v) is 12.3. The van der Waals surface area contributed by atoms with Crippen LogP contribution in [0, 0.1) is 0 Å². The fourth-order valence-corrected chi connectivity index (χ4v) is 2.57. The molecule has 3 aromatic rings. The standard InChI is InChI=1S/C17H17N3O2/c1-2-12-5-3-4-6-14(12)19-16(21)11-20-10-8-13-15(20)7-9-18-17(13)22/h3-10H,2,11H2,1H3,(H,18,22)(H,19,21). The zero-order valence-electron chi connectivity index (χ0n) is 12.3. The van der Waals surface area contributed by atoms with E-state index in [4.69, 9.17) is 0 Å². The summed E-state index contributed by atoms with van der Waals surface area (Å²) in [4.78, 5) is 26.6. The van der Waals surface area contributed by atoms with Gasteiger partial charge in [-0.15, -0.1) is 0 Å². The van der Waals surface area contributed by atoms with Crippen molar-refractivity contribution >= 4 is 22.5 Å². The second kappa shape index (κ2) is 5.89. The van der Waals surface area contributed by atoms with Crippen LogP contribution in [0.1, 0.15) is 12.5 Å². The minimum absolute atomic E-state index is 0.112. The van der Waals surface area contributed by atoms with E-state index in [0.29, 0.717) is 5.39 Å². The van der Waals surface area contributed by atoms with Crippen LogP contribution in [0.5, 0.6) is 0 Å². The van der Waals surface area contributed by atoms with Crippen molar-refractivity contribution in [3.63, 3.8) is 0 Å². The van der Waals surface area contributed by atoms with Crippen molar-refractivity contribution < 1.29 is 4.79 Å². The molecule has 3 rings (SSSR count). The van der Waals surface area contributed by atoms with Crippen LogP contribution < -0.4 is 10.9 Å². The van der Waals surface area contributed by atoms with E-state index in [2.05, 4.69) is 17.2 Å². The van der Waals surface area contributed by atoms with E-state index in [0.717, 1.165) is 23.2 Å². The Labute approximate surface area is 127 Å². The maximum Gasteiger partial charge on any atom is 0.257 e. The molecule has 22 heavy (non-hydrogen) atoms. The van der Waals surface area contributed by atoms with Gasteiger partial charge in [0.15, 0.2) is 0 Å². The van der Waals surface area contributed by atoms with Gasteiger partial charge in [0.1, 0.15) is 6.54 Å². The van der Waals surface area contributed by atoms with Crippen LogP contribution in [0.3, 0.4) is 0 Å². The summed E-state index contributed by atoms with van der Waals surface area (Å²) >= 11 is 0. The Hall–Kier alpha value is -2.82. The first kappa shape index (κ1) is 14.1. The number of hydrogen-bond donors (Lipinski definition) is 2. The Kier molecular flexibility index (Phi) is 3.78. The maximum absolute atomic E-state index is 12.3. The number of anilines is 1. The maximum atomic E-state index is 12.3. The third kappa shape index (κ3) is 2.65. The SMILES string of the molecule is CCc1ccccc1NC(=O)Cn1ccc2c(=O)[nH]ccc21. The molecule has 2 heterocycles. The Balaban J connectivity index is 1.82. The van der Waals surface area contributed by atoms with Crippen LogP contribution in [-0.2, 0) is 17.8 Å². The predicted molar refractivity (Wildman–Crippen MR) is 87.0 cm³/mol. The molecule has 0 saturated carbocycles. The average Bonchev–Trinajstić information content (AvgIpc) is 2.92. The molecule has 1 amide bonds. The second-order valence-corrected chi connectivity index (χ2v) is 5.11. The minimum Gasteiger partial charge on any atom is -0.338 e. The lowest BCUT2D eigenvalue weighted by atomic mass is 10.1. The van der Waals surface area contributed by atoms with Gasteiger partial charge in [0, 0.05) is 18.1 Å². The number of aromatic nitrogens is 2. The molecule has 0 bridgehead atoms. The average molecular weight is 295 g/mol. The summed E-state index contributed by atoms with van der Waals surface area (Å²) in [5.41, 5.74) is 2.55. The topological polar surface area (TPSA) is 66.9 Å². The predicted octanol–water partition coefficient (Wildman–Crippen LogP) is 2.53. The van der Waals surface area contributed by atoms with Crippen molar-refractivity contribution in [3.8, 4) is 0 Å². The number of amides is 1. The molecule has 0 atom stereocenters. The Morgan fingerprint density at radius 1 is 1.23 bits per heavy atom. The highest BCUT2D eigenvalue weighted by molar-refractivity contribution is 5.92. The third-order valence-corrected chi connectivity index (χ3v) is 3.69. The molecule has 2 aromatic heterocycles. The molecular formula is C17H17N3O2. The zero-order chi connectivity index (χ0) is 15.5. The lowest BCUT2D eigenvalue weighted by Crippen LogP contribution is -2.19. The van der Waals surface area contributed by atoms with Gasteiger partial charge in [-0.3, -0.25) is 9.59 Å². The lowest BCUT2D eigenvalue weighted by molar-refractivity contribution is -0.116. The summed E-state index contributed by atoms with van der Waals surface area (Å²) in [7, 11) is 0. The number of rotatable bonds is 4. The summed E-state index contributed by atoms with van der Waals surface area (Å²) in [5, 5.41) is 3.52. The summed E-state index contributed by atoms with van der Waals surface area (Å²) < 4.78 is 1.77. The summed E-state index contributed by atoms with van der Waals surface area (Å²) in [6.45, 7) is 2.22. The van der Waals surface area contributed by atoms with Crippen LogP contribution in [0.25, 0.3) is 10.9 Å². The number of hydrogen-bond acceptors (Lipinski definition) is 2. The molecule has 2 N–H and O–H groups in total. The van der Waals surface area contributed by atoms with E-state index in [-0.39, 0.29) is 18.0 Å². The summed E-state index contributed by atoms with van der Waals surface area (Å²) in [6.07, 6.45) is 4.20. The number of carbonyl (C=O) groups excluding carboxylic acids is 1. The van der Waals surface area contributed by atoms with E-state index >= 15 is 0 Å². The Bertz CT molecular complexity index is 877. The fraction of sp³-hybridized carbons (Fsp3) is 0.176. The fourth-order valence-electron chi connectivity index (χ4n) is 2.57. The number of carbonyl (C=O) groups is 1. The second-order valence-electron chi connectivity index (χ2n) is 5.11. The van der Waals surface area contributed by atoms with Gasteiger partial charge in [0.25, 0.3) is 5.56 Å². The molecule has 0 aliphatic rings. The summed E-state index contributed by atoms with van der Waals surface area (Å²) in [5.74, 6) is -0.112. The van der Waals surface area contributed by atoms with Crippen LogP contribution >= 0.6 is 0 Å². The number of pyridine rings is 1. The van der Waals surface area contributed by atoms with Crippen molar-refractivity contribution in [1.82, 2.24) is 9.55 Å². The Morgan fingerprint density at radius 3 is 2.86 bits per heavy atom. The van der Waals surface area contributed by atoms with Crippen molar-refractivity contribution in [2.45, 2.75) is 19.9 Å². The van der Waals surface area contributed by atoms with Crippen LogP contribution in [0.2, 0.25) is 0 Å². The van der Waals surface area contributed by atoms with Crippen LogP contribution in [0.4, 0.5) is 5.69 Å². The molecule has 5 nitrogen and oxygen atoms in total. The van der Waals surface area contributed by atoms with Gasteiger partial charge in [-0.05, 0) is 30.2 Å². The van der Waals surface area contributed by atoms with E-state index in [1.807, 2.05) is 24.3 Å². The van der Waals surface area contributed by atoms with Gasteiger partial charge in [-0.2, -0.15) is 0 Å². The molecule has 1 aromatic carbocycles. The number of para-hydroxylation sites is 1. The van der Waals surface area contributed by atoms with Crippen LogP contribution in [0.15, 0.2) is 53.6 Å². The first-order valence-corrected chi connectivity index (χ1v) is 7.23. The third-order valence-electron chi connectivity index (χ3n) is 3.69. The molecule has 112 valence electrons. The number of aromatic amines is 1. The molecule has 5 heteroatoms. The van der Waals surface area contributed by atoms with E-state index < -0.39 is 0 Å². The molecule has 0 aliphatic heterocycles. The van der Waals surface area contributed by atoms with Gasteiger partial charge in [0.05, 0.1) is 10.9 Å². The van der Waals surface area contributed by atoms with Gasteiger partial charge in [0.2, 0.25) is 5.91 Å². The molecule has 0 spiro atoms. The Morgan fingerprint density at radius 2 is 2.05 bits per heavy atom. The van der Waals surface area contributed by atoms with E-state index in [9.17, 15) is 9.59 Å². The molecule has 0 saturated heterocycles. The number of aryl methyl sites for hydroxylation is 1. The number of fused-ring (bicyclic) bond motifs is 1. The molecule has 0 aliphatic carbocycles. The molecule has 0 unspecified atom stereocenters. The largest absolute Gasteiger partial charge is 0.338 e. The smallest absolute Gasteiger partial charge is 0.257 e. The highest BCUT2D eigenvalue weighted by atomic mass is 16.2. The van der Waals surface area contributed by atoms with Crippen molar-refractivity contribution in [2.24, 2.45) is 0 Å². The van der Waals surface area contributed by atoms with Crippen molar-refractivity contribution in [1.29, 1.82) is 0 Å². The summed E-state index contributed by atoms with van der Waals surface area (Å²) in [6, 6.07) is 11.3. The van der Waals surface area contributed by atoms with Gasteiger partial charge < -0.3 is 14.9 Å². The number of nitrogens with zero attached hydrogens (tertiary/aromatic N) is 1. The molecule has 0 fully saturated rings. The quantitative estimate of drug-likeness (QED) is 0.776. The highest BCUT2D eigenvalue weighted by Crippen LogP contribution is 2.16. The van der Waals surface area contributed by atoms with Crippen LogP contribution in [-0.4, -0.2) is 15.5 Å². The molecule has 0 radical (unpaired) electrons. The van der Waals surface area contributed by atoms with Crippen molar-refractivity contribution in [2.75, 3.05) is 5.32 Å². The van der Waals surface area contributed by atoms with E-state index in [1.165, 1.54) is 0 Å². The van der Waals surface area contributed by atoms with Gasteiger partial charge in [-0.1, -0.05) is 25.1 Å². The van der Waals surface area contributed by atoms with Gasteiger partial charge in [-0.25, -0.2) is 0 Å². The first-order valence-electron chi connectivity index (χ1n) is 7.23. The number of benzene rings is 1. The lowest BCUT2D eigenvalue weighted by Gasteiger charge is -2.10. The normalized spacial score (nSPS) is 10.8. The monoisotopic (exact) mass is 295 g/mol. The number of H-pyrrole nitrogens is 1. The molecular weight excluding hydrogens is 278 g/mol. The number of nitrogens with one attached hydrogen (secondary N) is 2. The first-order chi connectivity index (χ1) is 10.7. The van der Waals surface area contributed by atoms with Gasteiger partial charge >= 0.3 is 0 Å². The van der Waals surface area contributed by atoms with E-state index in [1.54, 1.807) is 29.1 Å². The minimum atomic E-state index is -0.145. The highest BCUT2D eigenvalue weighted by Gasteiger charge is 2.09.